The molecule has 0 aliphatic heterocycles. The van der Waals surface area contributed by atoms with E-state index in [0.717, 1.165) is 0 Å². The second-order valence-corrected chi connectivity index (χ2v) is 2.14. The lowest BCUT2D eigenvalue weighted by molar-refractivity contribution is 0.0625. The van der Waals surface area contributed by atoms with Crippen molar-refractivity contribution in [1.82, 2.24) is 0 Å². The molecule has 0 fully saturated rings. The summed E-state index contributed by atoms with van der Waals surface area (Å²) < 4.78 is 4.70. The van der Waals surface area contributed by atoms with Gasteiger partial charge in [-0.15, -0.1) is 0 Å². The summed E-state index contributed by atoms with van der Waals surface area (Å²) in [5.74, 6) is -0.365. The van der Waals surface area contributed by atoms with Gasteiger partial charge in [-0.05, 0) is 18.2 Å². The zero-order valence-corrected chi connectivity index (χ0v) is 6.57. The Morgan fingerprint density at radius 2 is 2.00 bits per heavy atom. The van der Waals surface area contributed by atoms with Gasteiger partial charge in [0.1, 0.15) is 0 Å². The fourth-order valence-electron chi connectivity index (χ4n) is 0.752. The highest BCUT2D eigenvalue weighted by Crippen LogP contribution is 2.01. The molecule has 2 heteroatoms. The number of esters is 1. The average molecular weight is 161 g/mol. The molecule has 0 bridgehead atoms. The number of benzene rings is 1. The highest BCUT2D eigenvalue weighted by molar-refractivity contribution is 5.89. The third-order valence-electron chi connectivity index (χ3n) is 1.28. The molecule has 12 heavy (non-hydrogen) atoms. The van der Waals surface area contributed by atoms with Gasteiger partial charge in [0, 0.05) is 0 Å². The van der Waals surface area contributed by atoms with Crippen LogP contribution in [0, 0.1) is 6.61 Å². The predicted molar refractivity (Wildman–Crippen MR) is 46.4 cm³/mol. The first-order valence-electron chi connectivity index (χ1n) is 3.55. The van der Waals surface area contributed by atoms with Crippen molar-refractivity contribution in [3.8, 4) is 0 Å². The summed E-state index contributed by atoms with van der Waals surface area (Å²) in [7, 11) is 0. The molecule has 0 aliphatic rings. The smallest absolute Gasteiger partial charge is 0.338 e. The summed E-state index contributed by atoms with van der Waals surface area (Å²) in [6.07, 6.45) is 1.42. The van der Waals surface area contributed by atoms with Gasteiger partial charge < -0.3 is 4.74 Å². The topological polar surface area (TPSA) is 26.3 Å². The molecule has 1 radical (unpaired) electrons. The van der Waals surface area contributed by atoms with Gasteiger partial charge in [-0.1, -0.05) is 24.8 Å². The van der Waals surface area contributed by atoms with Crippen molar-refractivity contribution in [2.45, 2.75) is 0 Å². The number of ether oxygens (including phenoxy) is 1. The first-order chi connectivity index (χ1) is 5.84. The molecule has 0 saturated carbocycles. The largest absolute Gasteiger partial charge is 0.450 e. The normalized spacial score (nSPS) is 9.00. The van der Waals surface area contributed by atoms with Crippen molar-refractivity contribution in [2.75, 3.05) is 0 Å². The Kier molecular flexibility index (Phi) is 3.08. The van der Waals surface area contributed by atoms with Gasteiger partial charge in [0.15, 0.2) is 6.61 Å². The minimum absolute atomic E-state index is 0.365. The van der Waals surface area contributed by atoms with Crippen molar-refractivity contribution < 1.29 is 9.53 Å². The van der Waals surface area contributed by atoms with E-state index in [2.05, 4.69) is 6.58 Å². The second-order valence-electron chi connectivity index (χ2n) is 2.14. The van der Waals surface area contributed by atoms with E-state index in [4.69, 9.17) is 4.74 Å². The molecule has 0 N–H and O–H groups in total. The van der Waals surface area contributed by atoms with Gasteiger partial charge in [-0.2, -0.15) is 0 Å². The highest BCUT2D eigenvalue weighted by atomic mass is 16.5. The number of rotatable bonds is 3. The number of hydrogen-bond acceptors (Lipinski definition) is 2. The van der Waals surface area contributed by atoms with Crippen molar-refractivity contribution in [3.63, 3.8) is 0 Å². The van der Waals surface area contributed by atoms with Crippen LogP contribution in [0.3, 0.4) is 0 Å². The van der Waals surface area contributed by atoms with Crippen LogP contribution >= 0.6 is 0 Å². The van der Waals surface area contributed by atoms with Crippen molar-refractivity contribution in [2.24, 2.45) is 0 Å². The fourth-order valence-corrected chi connectivity index (χ4v) is 0.752. The van der Waals surface area contributed by atoms with Crippen molar-refractivity contribution in [3.05, 3.63) is 55.2 Å². The van der Waals surface area contributed by atoms with E-state index in [-0.39, 0.29) is 5.97 Å². The van der Waals surface area contributed by atoms with Gasteiger partial charge >= 0.3 is 5.97 Å². The third kappa shape index (κ3) is 2.23. The maximum atomic E-state index is 11.1. The van der Waals surface area contributed by atoms with E-state index in [1.54, 1.807) is 24.3 Å². The molecule has 1 rings (SSSR count). The fraction of sp³-hybridized carbons (Fsp3) is 0. The van der Waals surface area contributed by atoms with Gasteiger partial charge in [0.2, 0.25) is 0 Å². The quantitative estimate of drug-likeness (QED) is 0.635. The third-order valence-corrected chi connectivity index (χ3v) is 1.28. The molecule has 0 saturated heterocycles. The predicted octanol–water partition coefficient (Wildman–Crippen LogP) is 2.19. The maximum absolute atomic E-state index is 11.1. The Hall–Kier alpha value is -1.57. The first-order valence-corrected chi connectivity index (χ1v) is 3.55. The Balaban J connectivity index is 2.59. The molecule has 61 valence electrons. The van der Waals surface area contributed by atoms with E-state index < -0.39 is 0 Å². The Bertz CT molecular complexity index is 264. The lowest BCUT2D eigenvalue weighted by Gasteiger charge is -1.99. The second kappa shape index (κ2) is 4.34. The zero-order valence-electron chi connectivity index (χ0n) is 6.57. The molecule has 0 heterocycles. The lowest BCUT2D eigenvalue weighted by Crippen LogP contribution is -2.01. The molecule has 0 spiro atoms. The minimum atomic E-state index is -0.365. The van der Waals surface area contributed by atoms with Crippen LogP contribution in [0.15, 0.2) is 43.0 Å². The first kappa shape index (κ1) is 8.53. The molecule has 1 aromatic rings. The van der Waals surface area contributed by atoms with E-state index in [9.17, 15) is 4.79 Å². The van der Waals surface area contributed by atoms with Crippen LogP contribution in [0.5, 0.6) is 0 Å². The molecule has 0 aliphatic carbocycles. The molecule has 2 nitrogen and oxygen atoms in total. The van der Waals surface area contributed by atoms with E-state index in [0.29, 0.717) is 5.56 Å². The summed E-state index contributed by atoms with van der Waals surface area (Å²) in [4.78, 5) is 11.1. The monoisotopic (exact) mass is 161 g/mol. The Morgan fingerprint density at radius 1 is 1.33 bits per heavy atom. The van der Waals surface area contributed by atoms with Gasteiger partial charge in [-0.3, -0.25) is 0 Å². The summed E-state index contributed by atoms with van der Waals surface area (Å²) in [5, 5.41) is 0. The van der Waals surface area contributed by atoms with Gasteiger partial charge in [0.25, 0.3) is 0 Å². The number of hydrogen-bond donors (Lipinski definition) is 0. The Labute approximate surface area is 71.5 Å². The molecular formula is C10H9O2. The maximum Gasteiger partial charge on any atom is 0.338 e. The van der Waals surface area contributed by atoms with E-state index in [1.165, 1.54) is 12.7 Å². The Morgan fingerprint density at radius 3 is 2.58 bits per heavy atom. The van der Waals surface area contributed by atoms with Crippen molar-refractivity contribution in [1.29, 1.82) is 0 Å². The van der Waals surface area contributed by atoms with E-state index in [1.807, 2.05) is 6.07 Å². The van der Waals surface area contributed by atoms with Crippen LogP contribution in [-0.4, -0.2) is 5.97 Å². The van der Waals surface area contributed by atoms with E-state index >= 15 is 0 Å². The number of carbonyl (C=O) groups is 1. The summed E-state index contributed by atoms with van der Waals surface area (Å²) in [5.41, 5.74) is 0.538. The molecule has 0 amide bonds. The summed E-state index contributed by atoms with van der Waals surface area (Å²) in [6.45, 7) is 4.65. The van der Waals surface area contributed by atoms with Gasteiger partial charge in [-0.25, -0.2) is 4.79 Å². The SMILES string of the molecule is C=C[CH]OC(=O)c1ccccc1. The standard InChI is InChI=1S/C10H9O2/c1-2-8-12-10(11)9-6-4-3-5-7-9/h2-8H,1H2. The molecular weight excluding hydrogens is 152 g/mol. The molecule has 0 aromatic heterocycles. The van der Waals surface area contributed by atoms with Crippen molar-refractivity contribution >= 4 is 5.97 Å². The van der Waals surface area contributed by atoms with Crippen LogP contribution in [0.2, 0.25) is 0 Å². The number of carbonyl (C=O) groups excluding carboxylic acids is 1. The lowest BCUT2D eigenvalue weighted by atomic mass is 10.2. The molecule has 0 unspecified atom stereocenters. The molecule has 1 aromatic carbocycles. The minimum Gasteiger partial charge on any atom is -0.450 e. The van der Waals surface area contributed by atoms with Crippen LogP contribution in [0.25, 0.3) is 0 Å². The summed E-state index contributed by atoms with van der Waals surface area (Å²) >= 11 is 0. The van der Waals surface area contributed by atoms with Crippen LogP contribution in [0.4, 0.5) is 0 Å². The van der Waals surface area contributed by atoms with Gasteiger partial charge in [0.05, 0.1) is 5.56 Å². The highest BCUT2D eigenvalue weighted by Gasteiger charge is 2.03. The summed E-state index contributed by atoms with van der Waals surface area (Å²) in [6, 6.07) is 8.79. The van der Waals surface area contributed by atoms with Crippen LogP contribution in [0.1, 0.15) is 10.4 Å². The zero-order chi connectivity index (χ0) is 8.81. The van der Waals surface area contributed by atoms with Crippen LogP contribution < -0.4 is 0 Å². The average Bonchev–Trinajstić information content (AvgIpc) is 2.15. The van der Waals surface area contributed by atoms with Crippen LogP contribution in [-0.2, 0) is 4.74 Å². The molecule has 0 atom stereocenters.